The molecule has 3 heterocycles. The van der Waals surface area contributed by atoms with E-state index in [4.69, 9.17) is 0 Å². The zero-order chi connectivity index (χ0) is 11.1. The number of imidazole rings is 1. The largest absolute Gasteiger partial charge is 0.340 e. The molecule has 0 saturated heterocycles. The van der Waals surface area contributed by atoms with Crippen molar-refractivity contribution in [3.8, 4) is 5.82 Å². The zero-order valence-corrected chi connectivity index (χ0v) is 8.43. The summed E-state index contributed by atoms with van der Waals surface area (Å²) in [6.07, 6.45) is 2.89. The third-order valence-electron chi connectivity index (χ3n) is 2.26. The summed E-state index contributed by atoms with van der Waals surface area (Å²) in [7, 11) is 0. The maximum Gasteiger partial charge on any atom is 0.272 e. The highest BCUT2D eigenvalue weighted by molar-refractivity contribution is 5.77. The molecule has 7 heteroatoms. The fourth-order valence-corrected chi connectivity index (χ4v) is 1.59. The van der Waals surface area contributed by atoms with E-state index in [2.05, 4.69) is 25.0 Å². The highest BCUT2D eigenvalue weighted by atomic mass is 16.1. The van der Waals surface area contributed by atoms with E-state index >= 15 is 0 Å². The normalized spacial score (nSPS) is 11.1. The van der Waals surface area contributed by atoms with Gasteiger partial charge in [-0.2, -0.15) is 4.68 Å². The van der Waals surface area contributed by atoms with Crippen LogP contribution in [-0.2, 0) is 0 Å². The Bertz CT molecular complexity index is 706. The second kappa shape index (κ2) is 3.02. The average molecular weight is 216 g/mol. The summed E-state index contributed by atoms with van der Waals surface area (Å²) in [6.45, 7) is 1.81. The lowest BCUT2D eigenvalue weighted by molar-refractivity contribution is 0.809. The van der Waals surface area contributed by atoms with Crippen LogP contribution in [0.2, 0.25) is 0 Å². The predicted octanol–water partition coefficient (Wildman–Crippen LogP) is 0.140. The van der Waals surface area contributed by atoms with Crippen LogP contribution in [0.25, 0.3) is 17.0 Å². The van der Waals surface area contributed by atoms with Gasteiger partial charge in [-0.05, 0) is 6.92 Å². The zero-order valence-electron chi connectivity index (χ0n) is 8.43. The molecule has 0 spiro atoms. The number of hydrogen-bond acceptors (Lipinski definition) is 4. The molecule has 0 fully saturated rings. The standard InChI is InChI=1S/C9H8N6O/c1-5-2-6(16)15(14-5)9-7-8(11-3-10-7)12-4-13-9/h2-4,14H,1H3,(H,10,11,12,13). The fraction of sp³-hybridized carbons (Fsp3) is 0.111. The van der Waals surface area contributed by atoms with Gasteiger partial charge in [-0.25, -0.2) is 15.0 Å². The predicted molar refractivity (Wildman–Crippen MR) is 56.4 cm³/mol. The van der Waals surface area contributed by atoms with Crippen molar-refractivity contribution in [2.45, 2.75) is 6.92 Å². The van der Waals surface area contributed by atoms with Crippen LogP contribution in [0.15, 0.2) is 23.5 Å². The molecular formula is C9H8N6O. The quantitative estimate of drug-likeness (QED) is 0.605. The SMILES string of the molecule is Cc1cc(=O)n(-c2ncnc3nc[nH]c23)[nH]1. The van der Waals surface area contributed by atoms with Gasteiger partial charge in [-0.15, -0.1) is 0 Å². The van der Waals surface area contributed by atoms with Crippen LogP contribution in [0.1, 0.15) is 5.69 Å². The van der Waals surface area contributed by atoms with Gasteiger partial charge in [-0.1, -0.05) is 0 Å². The Hall–Kier alpha value is -2.44. The lowest BCUT2D eigenvalue weighted by Crippen LogP contribution is -2.15. The maximum absolute atomic E-state index is 11.6. The Morgan fingerprint density at radius 2 is 2.19 bits per heavy atom. The molecule has 0 aliphatic carbocycles. The van der Waals surface area contributed by atoms with E-state index in [1.54, 1.807) is 0 Å². The molecule has 0 bridgehead atoms. The Morgan fingerprint density at radius 3 is 2.94 bits per heavy atom. The van der Waals surface area contributed by atoms with Crippen molar-refractivity contribution in [2.24, 2.45) is 0 Å². The smallest absolute Gasteiger partial charge is 0.272 e. The molecule has 3 aromatic heterocycles. The molecule has 80 valence electrons. The van der Waals surface area contributed by atoms with Gasteiger partial charge in [-0.3, -0.25) is 9.89 Å². The number of aromatic nitrogens is 6. The number of H-pyrrole nitrogens is 2. The number of fused-ring (bicyclic) bond motifs is 1. The minimum atomic E-state index is -0.160. The third kappa shape index (κ3) is 1.14. The van der Waals surface area contributed by atoms with Gasteiger partial charge in [0.2, 0.25) is 0 Å². The first-order valence-corrected chi connectivity index (χ1v) is 4.69. The van der Waals surface area contributed by atoms with Gasteiger partial charge in [0.05, 0.1) is 6.33 Å². The minimum Gasteiger partial charge on any atom is -0.340 e. The van der Waals surface area contributed by atoms with Crippen molar-refractivity contribution >= 4 is 11.2 Å². The number of nitrogens with zero attached hydrogens (tertiary/aromatic N) is 4. The molecule has 0 amide bonds. The Labute approximate surface area is 89.2 Å². The molecule has 0 aliphatic heterocycles. The van der Waals surface area contributed by atoms with Crippen molar-refractivity contribution < 1.29 is 0 Å². The Morgan fingerprint density at radius 1 is 1.31 bits per heavy atom. The molecule has 2 N–H and O–H groups in total. The summed E-state index contributed by atoms with van der Waals surface area (Å²) in [5, 5.41) is 2.91. The van der Waals surface area contributed by atoms with Gasteiger partial charge < -0.3 is 4.98 Å². The Kier molecular flexibility index (Phi) is 1.67. The van der Waals surface area contributed by atoms with Crippen LogP contribution in [0.5, 0.6) is 0 Å². The fourth-order valence-electron chi connectivity index (χ4n) is 1.59. The lowest BCUT2D eigenvalue weighted by Gasteiger charge is -2.00. The van der Waals surface area contributed by atoms with E-state index < -0.39 is 0 Å². The van der Waals surface area contributed by atoms with Crippen LogP contribution >= 0.6 is 0 Å². The summed E-state index contributed by atoms with van der Waals surface area (Å²) in [5.74, 6) is 0.473. The highest BCUT2D eigenvalue weighted by Gasteiger charge is 2.10. The average Bonchev–Trinajstić information content (AvgIpc) is 2.84. The number of aromatic amines is 2. The molecule has 0 aromatic carbocycles. The molecular weight excluding hydrogens is 208 g/mol. The number of nitrogens with one attached hydrogen (secondary N) is 2. The first-order valence-electron chi connectivity index (χ1n) is 4.69. The molecule has 0 aliphatic rings. The Balaban J connectivity index is 2.37. The van der Waals surface area contributed by atoms with Crippen LogP contribution < -0.4 is 5.56 Å². The molecule has 16 heavy (non-hydrogen) atoms. The van der Waals surface area contributed by atoms with Crippen molar-refractivity contribution in [2.75, 3.05) is 0 Å². The molecule has 0 atom stereocenters. The summed E-state index contributed by atoms with van der Waals surface area (Å²) < 4.78 is 1.36. The monoisotopic (exact) mass is 216 g/mol. The van der Waals surface area contributed by atoms with Crippen LogP contribution in [0.4, 0.5) is 0 Å². The molecule has 3 aromatic rings. The van der Waals surface area contributed by atoms with Crippen molar-refractivity contribution in [3.63, 3.8) is 0 Å². The van der Waals surface area contributed by atoms with E-state index in [0.717, 1.165) is 5.69 Å². The topological polar surface area (TPSA) is 92.2 Å². The highest BCUT2D eigenvalue weighted by Crippen LogP contribution is 2.11. The van der Waals surface area contributed by atoms with Crippen LogP contribution in [0.3, 0.4) is 0 Å². The number of rotatable bonds is 1. The molecule has 3 rings (SSSR count). The van der Waals surface area contributed by atoms with Crippen LogP contribution in [0, 0.1) is 6.92 Å². The molecule has 0 radical (unpaired) electrons. The van der Waals surface area contributed by atoms with E-state index in [1.807, 2.05) is 6.92 Å². The first-order chi connectivity index (χ1) is 7.75. The van der Waals surface area contributed by atoms with Gasteiger partial charge in [0.25, 0.3) is 5.56 Å². The van der Waals surface area contributed by atoms with Gasteiger partial charge >= 0.3 is 0 Å². The van der Waals surface area contributed by atoms with E-state index in [-0.39, 0.29) is 5.56 Å². The molecule has 0 saturated carbocycles. The third-order valence-corrected chi connectivity index (χ3v) is 2.26. The van der Waals surface area contributed by atoms with Gasteiger partial charge in [0, 0.05) is 11.8 Å². The van der Waals surface area contributed by atoms with Crippen molar-refractivity contribution in [1.29, 1.82) is 0 Å². The summed E-state index contributed by atoms with van der Waals surface area (Å²) in [6, 6.07) is 1.50. The minimum absolute atomic E-state index is 0.160. The first kappa shape index (κ1) is 8.84. The second-order valence-electron chi connectivity index (χ2n) is 3.41. The summed E-state index contributed by atoms with van der Waals surface area (Å²) in [5.41, 5.74) is 1.78. The molecule has 7 nitrogen and oxygen atoms in total. The molecule has 0 unspecified atom stereocenters. The van der Waals surface area contributed by atoms with E-state index in [1.165, 1.54) is 23.4 Å². The number of aryl methyl sites for hydroxylation is 1. The van der Waals surface area contributed by atoms with Gasteiger partial charge in [0.15, 0.2) is 11.5 Å². The summed E-state index contributed by atoms with van der Waals surface area (Å²) in [4.78, 5) is 26.6. The van der Waals surface area contributed by atoms with Crippen LogP contribution in [-0.4, -0.2) is 29.7 Å². The van der Waals surface area contributed by atoms with E-state index in [0.29, 0.717) is 17.0 Å². The van der Waals surface area contributed by atoms with E-state index in [9.17, 15) is 4.79 Å². The number of hydrogen-bond donors (Lipinski definition) is 2. The lowest BCUT2D eigenvalue weighted by atomic mass is 10.5. The van der Waals surface area contributed by atoms with Crippen molar-refractivity contribution in [1.82, 2.24) is 29.7 Å². The maximum atomic E-state index is 11.6. The summed E-state index contributed by atoms with van der Waals surface area (Å²) >= 11 is 0. The van der Waals surface area contributed by atoms with Gasteiger partial charge in [0.1, 0.15) is 11.8 Å². The van der Waals surface area contributed by atoms with Crippen molar-refractivity contribution in [3.05, 3.63) is 34.8 Å². The second-order valence-corrected chi connectivity index (χ2v) is 3.41.